The molecule has 1 heterocycles. The molecule has 0 unspecified atom stereocenters. The van der Waals surface area contributed by atoms with E-state index in [9.17, 15) is 4.79 Å². The van der Waals surface area contributed by atoms with Gasteiger partial charge < -0.3 is 9.73 Å². The van der Waals surface area contributed by atoms with Crippen molar-refractivity contribution >= 4 is 5.91 Å². The van der Waals surface area contributed by atoms with Crippen LogP contribution in [0, 0.1) is 12.8 Å². The van der Waals surface area contributed by atoms with E-state index >= 15 is 0 Å². The number of hydrogen-bond acceptors (Lipinski definition) is 3. The van der Waals surface area contributed by atoms with Gasteiger partial charge in [0.05, 0.1) is 6.20 Å². The number of nitrogens with one attached hydrogen (secondary N) is 1. The molecule has 0 saturated heterocycles. The molecular weight excluding hydrogens is 180 g/mol. The first-order valence-corrected chi connectivity index (χ1v) is 4.80. The van der Waals surface area contributed by atoms with E-state index in [1.165, 1.54) is 6.20 Å². The maximum atomic E-state index is 11.4. The summed E-state index contributed by atoms with van der Waals surface area (Å²) in [5.41, 5.74) is 0. The number of aromatic nitrogens is 1. The maximum Gasteiger partial charge on any atom is 0.307 e. The lowest BCUT2D eigenvalue weighted by Crippen LogP contribution is -2.25. The average Bonchev–Trinajstić information content (AvgIpc) is 2.51. The van der Waals surface area contributed by atoms with Gasteiger partial charge in [-0.15, -0.1) is 0 Å². The van der Waals surface area contributed by atoms with Crippen molar-refractivity contribution in [1.29, 1.82) is 0 Å². The van der Waals surface area contributed by atoms with E-state index < -0.39 is 0 Å². The zero-order valence-electron chi connectivity index (χ0n) is 8.83. The van der Waals surface area contributed by atoms with E-state index in [1.807, 2.05) is 0 Å². The van der Waals surface area contributed by atoms with Crippen LogP contribution in [0.2, 0.25) is 0 Å². The zero-order chi connectivity index (χ0) is 10.6. The lowest BCUT2D eigenvalue weighted by Gasteiger charge is -2.04. The fraction of sp³-hybridized carbons (Fsp3) is 0.600. The first kappa shape index (κ1) is 10.8. The Morgan fingerprint density at radius 3 is 2.86 bits per heavy atom. The topological polar surface area (TPSA) is 55.1 Å². The summed E-state index contributed by atoms with van der Waals surface area (Å²) in [4.78, 5) is 15.2. The van der Waals surface area contributed by atoms with Crippen LogP contribution >= 0.6 is 0 Å². The summed E-state index contributed by atoms with van der Waals surface area (Å²) in [5.74, 6) is 1.14. The fourth-order valence-corrected chi connectivity index (χ4v) is 1.01. The zero-order valence-corrected chi connectivity index (χ0v) is 8.83. The summed E-state index contributed by atoms with van der Waals surface area (Å²) in [6, 6.07) is 0. The van der Waals surface area contributed by atoms with Gasteiger partial charge in [0.15, 0.2) is 0 Å². The van der Waals surface area contributed by atoms with Crippen LogP contribution in [0.25, 0.3) is 0 Å². The Morgan fingerprint density at radius 1 is 1.64 bits per heavy atom. The third kappa shape index (κ3) is 3.20. The minimum absolute atomic E-state index is 0.145. The molecule has 78 valence electrons. The Kier molecular flexibility index (Phi) is 3.68. The van der Waals surface area contributed by atoms with E-state index in [4.69, 9.17) is 4.42 Å². The van der Waals surface area contributed by atoms with Crippen molar-refractivity contribution in [2.24, 2.45) is 5.92 Å². The molecule has 0 aliphatic carbocycles. The standard InChI is InChI=1S/C10H16N2O2/c1-7(2)4-5-11-9(13)10-12-6-8(3)14-10/h6-7H,4-5H2,1-3H3,(H,11,13). The van der Waals surface area contributed by atoms with Gasteiger partial charge in [-0.1, -0.05) is 13.8 Å². The highest BCUT2D eigenvalue weighted by Crippen LogP contribution is 2.01. The second-order valence-corrected chi connectivity index (χ2v) is 3.71. The molecule has 0 saturated carbocycles. The van der Waals surface area contributed by atoms with Crippen LogP contribution < -0.4 is 5.32 Å². The Labute approximate surface area is 83.7 Å². The van der Waals surface area contributed by atoms with E-state index in [0.29, 0.717) is 18.2 Å². The summed E-state index contributed by atoms with van der Waals surface area (Å²) in [6.07, 6.45) is 2.50. The van der Waals surface area contributed by atoms with Crippen LogP contribution in [-0.4, -0.2) is 17.4 Å². The molecule has 0 atom stereocenters. The number of rotatable bonds is 4. The lowest BCUT2D eigenvalue weighted by atomic mass is 10.1. The van der Waals surface area contributed by atoms with Crippen molar-refractivity contribution < 1.29 is 9.21 Å². The summed E-state index contributed by atoms with van der Waals surface area (Å²) >= 11 is 0. The van der Waals surface area contributed by atoms with Gasteiger partial charge in [0.2, 0.25) is 0 Å². The van der Waals surface area contributed by atoms with Gasteiger partial charge in [0, 0.05) is 6.54 Å². The molecule has 1 amide bonds. The normalized spacial score (nSPS) is 10.6. The van der Waals surface area contributed by atoms with E-state index in [1.54, 1.807) is 6.92 Å². The number of oxazole rings is 1. The Balaban J connectivity index is 2.36. The second-order valence-electron chi connectivity index (χ2n) is 3.71. The number of aryl methyl sites for hydroxylation is 1. The minimum atomic E-state index is -0.237. The first-order valence-electron chi connectivity index (χ1n) is 4.80. The highest BCUT2D eigenvalue weighted by atomic mass is 16.4. The monoisotopic (exact) mass is 196 g/mol. The molecule has 0 aliphatic rings. The fourth-order valence-electron chi connectivity index (χ4n) is 1.01. The molecule has 0 spiro atoms. The third-order valence-electron chi connectivity index (χ3n) is 1.82. The summed E-state index contributed by atoms with van der Waals surface area (Å²) in [5, 5.41) is 2.75. The molecule has 1 N–H and O–H groups in total. The molecular formula is C10H16N2O2. The van der Waals surface area contributed by atoms with Crippen LogP contribution in [0.4, 0.5) is 0 Å². The van der Waals surface area contributed by atoms with Crippen molar-refractivity contribution in [3.63, 3.8) is 0 Å². The Morgan fingerprint density at radius 2 is 2.36 bits per heavy atom. The molecule has 0 aliphatic heterocycles. The molecule has 4 nitrogen and oxygen atoms in total. The van der Waals surface area contributed by atoms with Crippen molar-refractivity contribution in [2.45, 2.75) is 27.2 Å². The largest absolute Gasteiger partial charge is 0.438 e. The van der Waals surface area contributed by atoms with Gasteiger partial charge >= 0.3 is 5.91 Å². The van der Waals surface area contributed by atoms with E-state index in [2.05, 4.69) is 24.1 Å². The van der Waals surface area contributed by atoms with Gasteiger partial charge in [-0.2, -0.15) is 0 Å². The minimum Gasteiger partial charge on any atom is -0.438 e. The maximum absolute atomic E-state index is 11.4. The van der Waals surface area contributed by atoms with E-state index in [0.717, 1.165) is 6.42 Å². The van der Waals surface area contributed by atoms with Crippen LogP contribution in [0.3, 0.4) is 0 Å². The smallest absolute Gasteiger partial charge is 0.307 e. The molecule has 1 aromatic rings. The highest BCUT2D eigenvalue weighted by molar-refractivity contribution is 5.89. The second kappa shape index (κ2) is 4.79. The summed E-state index contributed by atoms with van der Waals surface area (Å²) < 4.78 is 5.08. The first-order chi connectivity index (χ1) is 6.59. The molecule has 0 aromatic carbocycles. The van der Waals surface area contributed by atoms with Crippen LogP contribution in [0.1, 0.15) is 36.7 Å². The molecule has 1 rings (SSSR count). The predicted molar refractivity (Wildman–Crippen MR) is 53.0 cm³/mol. The molecule has 4 heteroatoms. The van der Waals surface area contributed by atoms with Crippen LogP contribution in [-0.2, 0) is 0 Å². The molecule has 0 bridgehead atoms. The number of hydrogen-bond donors (Lipinski definition) is 1. The SMILES string of the molecule is Cc1cnc(C(=O)NCCC(C)C)o1. The number of amides is 1. The van der Waals surface area contributed by atoms with Crippen LogP contribution in [0.5, 0.6) is 0 Å². The Hall–Kier alpha value is -1.32. The van der Waals surface area contributed by atoms with Gasteiger partial charge in [-0.3, -0.25) is 4.79 Å². The number of nitrogens with zero attached hydrogens (tertiary/aromatic N) is 1. The van der Waals surface area contributed by atoms with Crippen molar-refractivity contribution in [1.82, 2.24) is 10.3 Å². The van der Waals surface area contributed by atoms with Crippen molar-refractivity contribution in [3.05, 3.63) is 17.8 Å². The highest BCUT2D eigenvalue weighted by Gasteiger charge is 2.10. The van der Waals surface area contributed by atoms with E-state index in [-0.39, 0.29) is 11.8 Å². The molecule has 14 heavy (non-hydrogen) atoms. The number of carbonyl (C=O) groups excluding carboxylic acids is 1. The van der Waals surface area contributed by atoms with Gasteiger partial charge in [-0.05, 0) is 19.3 Å². The lowest BCUT2D eigenvalue weighted by molar-refractivity contribution is 0.0916. The molecule has 0 radical (unpaired) electrons. The van der Waals surface area contributed by atoms with Gasteiger partial charge in [0.1, 0.15) is 5.76 Å². The average molecular weight is 196 g/mol. The predicted octanol–water partition coefficient (Wildman–Crippen LogP) is 1.76. The summed E-state index contributed by atoms with van der Waals surface area (Å²) in [6.45, 7) is 6.65. The van der Waals surface area contributed by atoms with Crippen LogP contribution in [0.15, 0.2) is 10.6 Å². The molecule has 0 fully saturated rings. The summed E-state index contributed by atoms with van der Waals surface area (Å²) in [7, 11) is 0. The van der Waals surface area contributed by atoms with Gasteiger partial charge in [0.25, 0.3) is 5.89 Å². The Bertz CT molecular complexity index is 305. The van der Waals surface area contributed by atoms with Gasteiger partial charge in [-0.25, -0.2) is 4.98 Å². The molecule has 1 aromatic heterocycles. The quantitative estimate of drug-likeness (QED) is 0.798. The number of carbonyl (C=O) groups is 1. The van der Waals surface area contributed by atoms with Crippen molar-refractivity contribution in [2.75, 3.05) is 6.54 Å². The third-order valence-corrected chi connectivity index (χ3v) is 1.82. The van der Waals surface area contributed by atoms with Crippen molar-refractivity contribution in [3.8, 4) is 0 Å².